The molecule has 1 aliphatic rings. The van der Waals surface area contributed by atoms with Gasteiger partial charge in [0.25, 0.3) is 0 Å². The lowest BCUT2D eigenvalue weighted by molar-refractivity contribution is -0.117. The number of nitrogens with one attached hydrogen (secondary N) is 2. The smallest absolute Gasteiger partial charge is 0.224 e. The van der Waals surface area contributed by atoms with Crippen LogP contribution in [0.1, 0.15) is 244 Å². The second-order valence-electron chi connectivity index (χ2n) is 32.2. The number of aliphatic hydroxyl groups excluding tert-OH is 2. The average molecular weight is 1520 g/mol. The lowest BCUT2D eigenvalue weighted by Gasteiger charge is -2.30. The Hall–Kier alpha value is -10.2. The van der Waals surface area contributed by atoms with Crippen LogP contribution in [0.3, 0.4) is 0 Å². The van der Waals surface area contributed by atoms with E-state index in [0.29, 0.717) is 71.9 Å². The summed E-state index contributed by atoms with van der Waals surface area (Å²) in [4.78, 5) is 33.1. The van der Waals surface area contributed by atoms with Gasteiger partial charge in [-0.3, -0.25) is 9.59 Å². The lowest BCUT2D eigenvalue weighted by atomic mass is 9.83. The number of aliphatic hydroxyl groups is 2. The topological polar surface area (TPSA) is 105 Å². The fourth-order valence-electron chi connectivity index (χ4n) is 17.0. The molecule has 11 rings (SSSR count). The summed E-state index contributed by atoms with van der Waals surface area (Å²) in [6.07, 6.45) is 26.9. The number of unbranched alkanes of at least 4 members (excludes halogenated alkanes) is 6. The van der Waals surface area contributed by atoms with Gasteiger partial charge in [-0.2, -0.15) is 0 Å². The number of carbonyl (C=O) groups is 2. The van der Waals surface area contributed by atoms with E-state index in [1.54, 1.807) is 0 Å². The SMILES string of the molecule is CCCCC(=O)Nc1cc(N(c2ccc(-c3ccccc3CC(CC)CCCC)cc2)c2ccc(-c3ccccc3CC(CC)CCCC)cc2)ccc1C1=C(O)C(c2ccc(N(c3ccc(-c4ccccc4CC(CC)CCCC)cc3)c3ccc(-c4ccccc4CC(CC)CCCC)cc3)cc2NC(=O)CCCC)=C1O. The Morgan fingerprint density at radius 1 is 0.289 bits per heavy atom. The van der Waals surface area contributed by atoms with Crippen LogP contribution >= 0.6 is 0 Å². The van der Waals surface area contributed by atoms with Crippen LogP contribution in [0.15, 0.2) is 242 Å². The summed E-state index contributed by atoms with van der Waals surface area (Å²) in [5, 5.41) is 32.4. The zero-order valence-corrected chi connectivity index (χ0v) is 70.2. The molecule has 8 heteroatoms. The number of benzene rings is 10. The maximum absolute atomic E-state index is 14.3. The number of anilines is 8. The summed E-state index contributed by atoms with van der Waals surface area (Å²) in [5.41, 5.74) is 22.5. The molecule has 4 N–H and O–H groups in total. The van der Waals surface area contributed by atoms with Gasteiger partial charge in [-0.15, -0.1) is 0 Å². The van der Waals surface area contributed by atoms with Gasteiger partial charge in [0, 0.05) is 58.1 Å². The average Bonchev–Trinajstić information content (AvgIpc) is 0.730. The first-order chi connectivity index (χ1) is 55.8. The van der Waals surface area contributed by atoms with Crippen LogP contribution in [0.25, 0.3) is 55.7 Å². The molecule has 114 heavy (non-hydrogen) atoms. The van der Waals surface area contributed by atoms with Crippen LogP contribution in [0.2, 0.25) is 0 Å². The second kappa shape index (κ2) is 42.8. The van der Waals surface area contributed by atoms with Crippen LogP contribution in [0.4, 0.5) is 45.5 Å². The molecule has 0 bridgehead atoms. The van der Waals surface area contributed by atoms with Crippen molar-refractivity contribution in [3.8, 4) is 44.5 Å². The van der Waals surface area contributed by atoms with Crippen molar-refractivity contribution in [1.82, 2.24) is 0 Å². The summed E-state index contributed by atoms with van der Waals surface area (Å²) >= 11 is 0. The van der Waals surface area contributed by atoms with E-state index in [9.17, 15) is 19.8 Å². The van der Waals surface area contributed by atoms with E-state index in [1.165, 1.54) is 122 Å². The lowest BCUT2D eigenvalue weighted by Crippen LogP contribution is -2.19. The van der Waals surface area contributed by atoms with E-state index in [1.807, 2.05) is 36.4 Å². The van der Waals surface area contributed by atoms with Crippen LogP contribution in [0, 0.1) is 23.7 Å². The third-order valence-electron chi connectivity index (χ3n) is 24.1. The Labute approximate surface area is 684 Å². The number of rotatable bonds is 44. The highest BCUT2D eigenvalue weighted by atomic mass is 16.3. The van der Waals surface area contributed by atoms with E-state index in [2.05, 4.69) is 284 Å². The Morgan fingerprint density at radius 2 is 0.526 bits per heavy atom. The third kappa shape index (κ3) is 21.4. The minimum absolute atomic E-state index is 0.147. The molecule has 0 saturated carbocycles. The molecule has 4 unspecified atom stereocenters. The predicted octanol–water partition coefficient (Wildman–Crippen LogP) is 30.8. The van der Waals surface area contributed by atoms with Crippen LogP contribution in [-0.2, 0) is 35.3 Å². The highest BCUT2D eigenvalue weighted by Gasteiger charge is 2.36. The maximum Gasteiger partial charge on any atom is 0.224 e. The fraction of sp³-hybridized carbons (Fsp3) is 0.377. The van der Waals surface area contributed by atoms with E-state index >= 15 is 0 Å². The van der Waals surface area contributed by atoms with Gasteiger partial charge in [0.1, 0.15) is 11.5 Å². The zero-order chi connectivity index (χ0) is 80.3. The summed E-state index contributed by atoms with van der Waals surface area (Å²) < 4.78 is 0. The molecule has 0 heterocycles. The summed E-state index contributed by atoms with van der Waals surface area (Å²) in [7, 11) is 0. The third-order valence-corrected chi connectivity index (χ3v) is 24.1. The molecule has 0 saturated heterocycles. The van der Waals surface area contributed by atoms with Gasteiger partial charge in [0.2, 0.25) is 11.8 Å². The maximum atomic E-state index is 14.3. The molecule has 4 atom stereocenters. The van der Waals surface area contributed by atoms with Gasteiger partial charge in [0.05, 0.1) is 22.5 Å². The van der Waals surface area contributed by atoms with Gasteiger partial charge < -0.3 is 30.6 Å². The van der Waals surface area contributed by atoms with Crippen LogP contribution in [0.5, 0.6) is 0 Å². The summed E-state index contributed by atoms with van der Waals surface area (Å²) in [6, 6.07) is 82.8. The first-order valence-electron chi connectivity index (χ1n) is 43.9. The number of hydrogen-bond donors (Lipinski definition) is 4. The summed E-state index contributed by atoms with van der Waals surface area (Å²) in [5.74, 6) is 1.82. The Bertz CT molecular complexity index is 4270. The molecule has 0 aromatic heterocycles. The normalized spacial score (nSPS) is 13.1. The van der Waals surface area contributed by atoms with Gasteiger partial charge >= 0.3 is 0 Å². The van der Waals surface area contributed by atoms with Crippen molar-refractivity contribution in [2.24, 2.45) is 23.7 Å². The first-order valence-corrected chi connectivity index (χ1v) is 43.9. The molecule has 0 aliphatic heterocycles. The zero-order valence-electron chi connectivity index (χ0n) is 70.2. The number of allylic oxidation sites excluding steroid dienone is 2. The van der Waals surface area contributed by atoms with Crippen molar-refractivity contribution in [3.63, 3.8) is 0 Å². The van der Waals surface area contributed by atoms with Crippen LogP contribution < -0.4 is 20.4 Å². The van der Waals surface area contributed by atoms with Crippen molar-refractivity contribution in [2.45, 2.75) is 236 Å². The molecule has 10 aromatic carbocycles. The van der Waals surface area contributed by atoms with Gasteiger partial charge in [-0.05, 0) is 214 Å². The minimum Gasteiger partial charge on any atom is -0.506 e. The van der Waals surface area contributed by atoms with Crippen molar-refractivity contribution >= 4 is 68.5 Å². The van der Waals surface area contributed by atoms with Crippen molar-refractivity contribution in [3.05, 3.63) is 275 Å². The molecule has 0 spiro atoms. The Morgan fingerprint density at radius 3 is 0.763 bits per heavy atom. The largest absolute Gasteiger partial charge is 0.506 e. The molecule has 0 radical (unpaired) electrons. The van der Waals surface area contributed by atoms with Gasteiger partial charge in [-0.1, -0.05) is 330 Å². The quantitative estimate of drug-likeness (QED) is 0.0303. The molecule has 596 valence electrons. The summed E-state index contributed by atoms with van der Waals surface area (Å²) in [6.45, 7) is 22.5. The van der Waals surface area contributed by atoms with E-state index in [4.69, 9.17) is 0 Å². The number of amides is 2. The van der Waals surface area contributed by atoms with Gasteiger partial charge in [-0.25, -0.2) is 0 Å². The highest BCUT2D eigenvalue weighted by Crippen LogP contribution is 2.51. The van der Waals surface area contributed by atoms with E-state index in [0.717, 1.165) is 121 Å². The number of nitrogens with zero attached hydrogens (tertiary/aromatic N) is 2. The van der Waals surface area contributed by atoms with Crippen molar-refractivity contribution in [2.75, 3.05) is 20.4 Å². The molecular formula is C106H128N4O4. The standard InChI is InChI=1S/C106H128N4O4/c1-11-21-35-75(17-7)69-83-39-27-31-43-93(83)79-49-57-87(58-50-79)109(88-59-51-80(52-60-88)94-44-32-28-40-84(94)70-76(18-8)36-22-12-2)91-65-67-97(99(73-91)107-101(111)47-25-15-5)103-105(113)104(106(103)114)98-68-66-92(74-100(98)108-102(112)48-26-16-6)110(89-61-53-81(54-62-89)95-45-33-29-41-85(95)71-77(19-9)37-23-13-3)90-63-55-82(56-64-90)96-46-34-30-42-86(96)72-78(20-10)38-24-14-4/h27-34,39-46,49-68,73-78,113-114H,11-26,35-38,47-48,69-72H2,1-10H3,(H,107,111)(H,108,112). The molecule has 8 nitrogen and oxygen atoms in total. The van der Waals surface area contributed by atoms with E-state index in [-0.39, 0.29) is 34.5 Å². The minimum atomic E-state index is -0.169. The molecule has 1 aliphatic carbocycles. The molecule has 2 amide bonds. The molecule has 10 aromatic rings. The molecular weight excluding hydrogens is 1390 g/mol. The second-order valence-corrected chi connectivity index (χ2v) is 32.2. The van der Waals surface area contributed by atoms with Gasteiger partial charge in [0.15, 0.2) is 0 Å². The Kier molecular flexibility index (Phi) is 31.8. The number of carbonyl (C=O) groups excluding carboxylic acids is 2. The monoisotopic (exact) mass is 1520 g/mol. The fourth-order valence-corrected chi connectivity index (χ4v) is 17.0. The van der Waals surface area contributed by atoms with Crippen molar-refractivity contribution in [1.29, 1.82) is 0 Å². The number of hydrogen-bond acceptors (Lipinski definition) is 6. The molecule has 0 fully saturated rings. The Balaban J connectivity index is 1.00. The van der Waals surface area contributed by atoms with Crippen LogP contribution in [-0.4, -0.2) is 22.0 Å². The van der Waals surface area contributed by atoms with E-state index < -0.39 is 0 Å². The first kappa shape index (κ1) is 84.7. The highest BCUT2D eigenvalue weighted by molar-refractivity contribution is 6.12. The van der Waals surface area contributed by atoms with Crippen molar-refractivity contribution < 1.29 is 19.8 Å². The predicted molar refractivity (Wildman–Crippen MR) is 487 cm³/mol.